The van der Waals surface area contributed by atoms with E-state index in [1.165, 1.54) is 22.2 Å². The SMILES string of the molecule is CC(C)(C)C1CN(Cc2sccc2Br)C(C)(C2CC2)CN1. The highest BCUT2D eigenvalue weighted by atomic mass is 79.9. The van der Waals surface area contributed by atoms with Crippen molar-refractivity contribution in [3.8, 4) is 0 Å². The Morgan fingerprint density at radius 3 is 2.67 bits per heavy atom. The third kappa shape index (κ3) is 3.24. The highest BCUT2D eigenvalue weighted by molar-refractivity contribution is 9.10. The van der Waals surface area contributed by atoms with Gasteiger partial charge in [-0.25, -0.2) is 0 Å². The molecule has 4 heteroatoms. The van der Waals surface area contributed by atoms with E-state index in [9.17, 15) is 0 Å². The first-order chi connectivity index (χ1) is 9.80. The van der Waals surface area contributed by atoms with Crippen molar-refractivity contribution in [3.63, 3.8) is 0 Å². The highest BCUT2D eigenvalue weighted by Crippen LogP contribution is 2.45. The maximum atomic E-state index is 3.85. The van der Waals surface area contributed by atoms with E-state index in [1.807, 2.05) is 11.3 Å². The summed E-state index contributed by atoms with van der Waals surface area (Å²) in [6.07, 6.45) is 2.81. The summed E-state index contributed by atoms with van der Waals surface area (Å²) in [4.78, 5) is 4.23. The number of halogens is 1. The highest BCUT2D eigenvalue weighted by Gasteiger charge is 2.49. The molecule has 0 radical (unpaired) electrons. The monoisotopic (exact) mass is 370 g/mol. The average Bonchev–Trinajstić information content (AvgIpc) is 3.17. The van der Waals surface area contributed by atoms with Gasteiger partial charge in [0.15, 0.2) is 0 Å². The molecule has 2 nitrogen and oxygen atoms in total. The maximum absolute atomic E-state index is 3.85. The molecule has 1 aromatic heterocycles. The fourth-order valence-electron chi connectivity index (χ4n) is 3.48. The lowest BCUT2D eigenvalue weighted by Crippen LogP contribution is -2.66. The van der Waals surface area contributed by atoms with Gasteiger partial charge in [0.25, 0.3) is 0 Å². The Hall–Kier alpha value is 0.1000. The molecule has 118 valence electrons. The van der Waals surface area contributed by atoms with Crippen LogP contribution in [0, 0.1) is 11.3 Å². The summed E-state index contributed by atoms with van der Waals surface area (Å²) < 4.78 is 1.27. The lowest BCUT2D eigenvalue weighted by molar-refractivity contribution is 0.00477. The van der Waals surface area contributed by atoms with Gasteiger partial charge in [-0.1, -0.05) is 20.8 Å². The fraction of sp³-hybridized carbons (Fsp3) is 0.765. The molecule has 1 saturated carbocycles. The Morgan fingerprint density at radius 1 is 1.43 bits per heavy atom. The van der Waals surface area contributed by atoms with Crippen molar-refractivity contribution < 1.29 is 0 Å². The van der Waals surface area contributed by atoms with Crippen molar-refractivity contribution in [2.45, 2.75) is 58.7 Å². The zero-order valence-electron chi connectivity index (χ0n) is 13.6. The molecule has 21 heavy (non-hydrogen) atoms. The van der Waals surface area contributed by atoms with E-state index in [2.05, 4.69) is 65.3 Å². The summed E-state index contributed by atoms with van der Waals surface area (Å²) in [5, 5.41) is 6.04. The molecule has 1 aliphatic heterocycles. The van der Waals surface area contributed by atoms with Gasteiger partial charge in [-0.3, -0.25) is 4.90 Å². The van der Waals surface area contributed by atoms with Crippen LogP contribution >= 0.6 is 27.3 Å². The first-order valence-electron chi connectivity index (χ1n) is 8.01. The second-order valence-electron chi connectivity index (χ2n) is 8.00. The number of piperazine rings is 1. The number of thiophene rings is 1. The first-order valence-corrected chi connectivity index (χ1v) is 9.68. The molecule has 2 fully saturated rings. The second-order valence-corrected chi connectivity index (χ2v) is 9.86. The van der Waals surface area contributed by atoms with Crippen LogP contribution in [0.3, 0.4) is 0 Å². The molecule has 1 aliphatic carbocycles. The zero-order valence-corrected chi connectivity index (χ0v) is 16.0. The summed E-state index contributed by atoms with van der Waals surface area (Å²) in [6, 6.07) is 2.75. The molecule has 2 unspecified atom stereocenters. The topological polar surface area (TPSA) is 15.3 Å². The predicted molar refractivity (Wildman–Crippen MR) is 94.8 cm³/mol. The molecular formula is C17H27BrN2S. The van der Waals surface area contributed by atoms with E-state index in [0.29, 0.717) is 17.0 Å². The van der Waals surface area contributed by atoms with Crippen LogP contribution in [0.4, 0.5) is 0 Å². The Morgan fingerprint density at radius 2 is 2.14 bits per heavy atom. The second kappa shape index (κ2) is 5.63. The Labute approximate surface area is 141 Å². The van der Waals surface area contributed by atoms with Gasteiger partial charge >= 0.3 is 0 Å². The fourth-order valence-corrected chi connectivity index (χ4v) is 4.97. The zero-order chi connectivity index (χ0) is 15.3. The third-order valence-corrected chi connectivity index (χ3v) is 7.27. The lowest BCUT2D eigenvalue weighted by atomic mass is 9.81. The van der Waals surface area contributed by atoms with Crippen molar-refractivity contribution >= 4 is 27.3 Å². The summed E-state index contributed by atoms with van der Waals surface area (Å²) in [7, 11) is 0. The quantitative estimate of drug-likeness (QED) is 0.842. The van der Waals surface area contributed by atoms with E-state index in [4.69, 9.17) is 0 Å². The minimum absolute atomic E-state index is 0.315. The van der Waals surface area contributed by atoms with Crippen molar-refractivity contribution in [3.05, 3.63) is 20.8 Å². The predicted octanol–water partition coefficient (Wildman–Crippen LogP) is 4.50. The third-order valence-electron chi connectivity index (χ3n) is 5.36. The number of rotatable bonds is 3. The van der Waals surface area contributed by atoms with E-state index in [1.54, 1.807) is 0 Å². The normalized spacial score (nSPS) is 31.6. The number of nitrogens with zero attached hydrogens (tertiary/aromatic N) is 1. The number of hydrogen-bond acceptors (Lipinski definition) is 3. The van der Waals surface area contributed by atoms with Crippen LogP contribution in [0.5, 0.6) is 0 Å². The Kier molecular flexibility index (Phi) is 4.28. The van der Waals surface area contributed by atoms with Crippen LogP contribution in [0.2, 0.25) is 0 Å². The first kappa shape index (κ1) is 16.0. The molecule has 0 spiro atoms. The van der Waals surface area contributed by atoms with Gasteiger partial charge in [0.05, 0.1) is 0 Å². The molecule has 2 aliphatic rings. The molecule has 2 heterocycles. The van der Waals surface area contributed by atoms with E-state index in [-0.39, 0.29) is 0 Å². The lowest BCUT2D eigenvalue weighted by Gasteiger charge is -2.51. The van der Waals surface area contributed by atoms with Crippen LogP contribution in [0.1, 0.15) is 45.4 Å². The average molecular weight is 371 g/mol. The van der Waals surface area contributed by atoms with Gasteiger partial charge in [0.1, 0.15) is 0 Å². The van der Waals surface area contributed by atoms with E-state index >= 15 is 0 Å². The molecule has 0 amide bonds. The molecular weight excluding hydrogens is 344 g/mol. The van der Waals surface area contributed by atoms with Gasteiger partial charge in [-0.15, -0.1) is 11.3 Å². The summed E-state index contributed by atoms with van der Waals surface area (Å²) in [5.74, 6) is 0.879. The van der Waals surface area contributed by atoms with Crippen LogP contribution in [-0.2, 0) is 6.54 Å². The van der Waals surface area contributed by atoms with Crippen LogP contribution in [-0.4, -0.2) is 29.6 Å². The van der Waals surface area contributed by atoms with E-state index < -0.39 is 0 Å². The Balaban J connectivity index is 1.81. The van der Waals surface area contributed by atoms with Crippen LogP contribution in [0.15, 0.2) is 15.9 Å². The standard InChI is InChI=1S/C17H27BrN2S/c1-16(2,3)15-10-20(9-14-13(18)7-8-21-14)17(4,11-19-15)12-5-6-12/h7-8,12,15,19H,5-6,9-11H2,1-4H3. The van der Waals surface area contributed by atoms with Crippen molar-refractivity contribution in [2.24, 2.45) is 11.3 Å². The number of hydrogen-bond donors (Lipinski definition) is 1. The van der Waals surface area contributed by atoms with Crippen molar-refractivity contribution in [2.75, 3.05) is 13.1 Å². The molecule has 3 rings (SSSR count). The smallest absolute Gasteiger partial charge is 0.0346 e. The molecule has 0 aromatic carbocycles. The minimum atomic E-state index is 0.315. The molecule has 1 saturated heterocycles. The molecule has 0 bridgehead atoms. The summed E-state index contributed by atoms with van der Waals surface area (Å²) >= 11 is 5.58. The van der Waals surface area contributed by atoms with E-state index in [0.717, 1.165) is 25.6 Å². The largest absolute Gasteiger partial charge is 0.310 e. The van der Waals surface area contributed by atoms with Gasteiger partial charge in [0.2, 0.25) is 0 Å². The van der Waals surface area contributed by atoms with Gasteiger partial charge in [0, 0.05) is 40.6 Å². The van der Waals surface area contributed by atoms with Crippen molar-refractivity contribution in [1.29, 1.82) is 0 Å². The van der Waals surface area contributed by atoms with Crippen molar-refractivity contribution in [1.82, 2.24) is 10.2 Å². The van der Waals surface area contributed by atoms with Crippen LogP contribution < -0.4 is 5.32 Å². The summed E-state index contributed by atoms with van der Waals surface area (Å²) in [6.45, 7) is 12.9. The van der Waals surface area contributed by atoms with Gasteiger partial charge < -0.3 is 5.32 Å². The summed E-state index contributed by atoms with van der Waals surface area (Å²) in [5.41, 5.74) is 0.640. The molecule has 1 N–H and O–H groups in total. The molecule has 1 aromatic rings. The molecule has 2 atom stereocenters. The van der Waals surface area contributed by atoms with Gasteiger partial charge in [-0.2, -0.15) is 0 Å². The Bertz CT molecular complexity index is 503. The minimum Gasteiger partial charge on any atom is -0.310 e. The number of nitrogens with one attached hydrogen (secondary N) is 1. The van der Waals surface area contributed by atoms with Gasteiger partial charge in [-0.05, 0) is 58.5 Å². The maximum Gasteiger partial charge on any atom is 0.0346 e. The van der Waals surface area contributed by atoms with Crippen LogP contribution in [0.25, 0.3) is 0 Å².